The highest BCUT2D eigenvalue weighted by Crippen LogP contribution is 2.14. The summed E-state index contributed by atoms with van der Waals surface area (Å²) in [4.78, 5) is 25.8. The lowest BCUT2D eigenvalue weighted by atomic mass is 10.1. The van der Waals surface area contributed by atoms with Crippen LogP contribution in [-0.2, 0) is 13.5 Å². The third-order valence-corrected chi connectivity index (χ3v) is 4.96. The third kappa shape index (κ3) is 4.33. The highest BCUT2D eigenvalue weighted by Gasteiger charge is 2.16. The SMILES string of the molecule is CC(C)c1ccc(C(=O)NC[C@H](CO)Cc2cccs2)c(=O)n1C. The van der Waals surface area contributed by atoms with E-state index in [1.807, 2.05) is 37.4 Å². The lowest BCUT2D eigenvalue weighted by molar-refractivity contribution is 0.0938. The van der Waals surface area contributed by atoms with E-state index in [-0.39, 0.29) is 29.6 Å². The second-order valence-corrected chi connectivity index (χ2v) is 7.27. The Morgan fingerprint density at radius 1 is 1.33 bits per heavy atom. The van der Waals surface area contributed by atoms with Crippen LogP contribution in [0, 0.1) is 5.92 Å². The van der Waals surface area contributed by atoms with E-state index in [1.54, 1.807) is 24.5 Å². The van der Waals surface area contributed by atoms with Gasteiger partial charge in [-0.1, -0.05) is 19.9 Å². The highest BCUT2D eigenvalue weighted by atomic mass is 32.1. The predicted octanol–water partition coefficient (Wildman–Crippen LogP) is 2.15. The number of thiophene rings is 1. The number of nitrogens with zero attached hydrogens (tertiary/aromatic N) is 1. The fourth-order valence-corrected chi connectivity index (χ4v) is 3.47. The van der Waals surface area contributed by atoms with Crippen molar-refractivity contribution in [3.8, 4) is 0 Å². The molecular weight excluding hydrogens is 324 g/mol. The summed E-state index contributed by atoms with van der Waals surface area (Å²) in [6, 6.07) is 7.37. The largest absolute Gasteiger partial charge is 0.396 e. The van der Waals surface area contributed by atoms with Crippen LogP contribution in [0.2, 0.25) is 0 Å². The van der Waals surface area contributed by atoms with E-state index in [2.05, 4.69) is 5.32 Å². The highest BCUT2D eigenvalue weighted by molar-refractivity contribution is 7.09. The van der Waals surface area contributed by atoms with Crippen molar-refractivity contribution in [2.45, 2.75) is 26.2 Å². The number of rotatable bonds is 7. The maximum Gasteiger partial charge on any atom is 0.263 e. The molecule has 1 atom stereocenters. The zero-order valence-electron chi connectivity index (χ0n) is 14.3. The quantitative estimate of drug-likeness (QED) is 0.805. The van der Waals surface area contributed by atoms with Crippen LogP contribution in [0.25, 0.3) is 0 Å². The molecule has 0 aliphatic heterocycles. The Hall–Kier alpha value is -1.92. The number of nitrogens with one attached hydrogen (secondary N) is 1. The minimum atomic E-state index is -0.393. The first-order valence-electron chi connectivity index (χ1n) is 8.05. The molecule has 0 saturated heterocycles. The van der Waals surface area contributed by atoms with Gasteiger partial charge in [-0.05, 0) is 35.9 Å². The zero-order chi connectivity index (χ0) is 17.7. The van der Waals surface area contributed by atoms with Gasteiger partial charge in [0.1, 0.15) is 5.56 Å². The fourth-order valence-electron chi connectivity index (χ4n) is 2.65. The van der Waals surface area contributed by atoms with E-state index in [4.69, 9.17) is 0 Å². The molecule has 0 aromatic carbocycles. The van der Waals surface area contributed by atoms with Crippen LogP contribution in [0.1, 0.15) is 40.7 Å². The molecule has 0 radical (unpaired) electrons. The van der Waals surface area contributed by atoms with Crippen molar-refractivity contribution >= 4 is 17.2 Å². The number of aliphatic hydroxyl groups excluding tert-OH is 1. The molecule has 2 N–H and O–H groups in total. The lowest BCUT2D eigenvalue weighted by Gasteiger charge is -2.15. The Labute approximate surface area is 146 Å². The van der Waals surface area contributed by atoms with Crippen molar-refractivity contribution in [2.75, 3.05) is 13.2 Å². The van der Waals surface area contributed by atoms with Gasteiger partial charge in [-0.3, -0.25) is 9.59 Å². The molecule has 2 aromatic rings. The van der Waals surface area contributed by atoms with Crippen molar-refractivity contribution in [3.63, 3.8) is 0 Å². The Kier molecular flexibility index (Phi) is 6.34. The van der Waals surface area contributed by atoms with Gasteiger partial charge in [-0.25, -0.2) is 0 Å². The van der Waals surface area contributed by atoms with Gasteiger partial charge in [0, 0.05) is 36.7 Å². The summed E-state index contributed by atoms with van der Waals surface area (Å²) in [5.74, 6) is -0.244. The van der Waals surface area contributed by atoms with Gasteiger partial charge < -0.3 is 15.0 Å². The number of aliphatic hydroxyl groups is 1. The standard InChI is InChI=1S/C18H24N2O3S/c1-12(2)16-7-6-15(18(23)20(16)3)17(22)19-10-13(11-21)9-14-5-4-8-24-14/h4-8,12-13,21H,9-11H2,1-3H3,(H,19,22)/t13-/m1/s1. The van der Waals surface area contributed by atoms with Crippen molar-refractivity contribution < 1.29 is 9.90 Å². The van der Waals surface area contributed by atoms with E-state index < -0.39 is 5.91 Å². The molecule has 0 saturated carbocycles. The molecule has 0 aliphatic carbocycles. The number of carbonyl (C=O) groups is 1. The molecule has 2 aromatic heterocycles. The zero-order valence-corrected chi connectivity index (χ0v) is 15.1. The third-order valence-electron chi connectivity index (χ3n) is 4.06. The average molecular weight is 348 g/mol. The van der Waals surface area contributed by atoms with Crippen LogP contribution in [0.5, 0.6) is 0 Å². The number of pyridine rings is 1. The maximum atomic E-state index is 12.4. The number of amides is 1. The molecule has 0 unspecified atom stereocenters. The van der Waals surface area contributed by atoms with E-state index >= 15 is 0 Å². The first-order valence-corrected chi connectivity index (χ1v) is 8.93. The summed E-state index contributed by atoms with van der Waals surface area (Å²) in [5.41, 5.74) is 0.731. The van der Waals surface area contributed by atoms with Crippen molar-refractivity contribution in [1.82, 2.24) is 9.88 Å². The molecule has 2 heterocycles. The Bertz CT molecular complexity index is 735. The van der Waals surface area contributed by atoms with E-state index in [1.165, 1.54) is 9.44 Å². The molecule has 130 valence electrons. The van der Waals surface area contributed by atoms with E-state index in [0.29, 0.717) is 13.0 Å². The molecule has 2 rings (SSSR count). The lowest BCUT2D eigenvalue weighted by Crippen LogP contribution is -2.36. The van der Waals surface area contributed by atoms with E-state index in [9.17, 15) is 14.7 Å². The van der Waals surface area contributed by atoms with Crippen molar-refractivity contribution in [1.29, 1.82) is 0 Å². The average Bonchev–Trinajstić information content (AvgIpc) is 3.06. The van der Waals surface area contributed by atoms with Crippen LogP contribution >= 0.6 is 11.3 Å². The molecule has 0 spiro atoms. The maximum absolute atomic E-state index is 12.4. The Morgan fingerprint density at radius 3 is 2.67 bits per heavy atom. The summed E-state index contributed by atoms with van der Waals surface area (Å²) in [6.45, 7) is 4.33. The second-order valence-electron chi connectivity index (χ2n) is 6.23. The Morgan fingerprint density at radius 2 is 2.08 bits per heavy atom. The van der Waals surface area contributed by atoms with Gasteiger partial charge in [0.2, 0.25) is 0 Å². The molecule has 6 heteroatoms. The van der Waals surface area contributed by atoms with Crippen LogP contribution < -0.4 is 10.9 Å². The molecule has 1 amide bonds. The van der Waals surface area contributed by atoms with Crippen molar-refractivity contribution in [2.24, 2.45) is 13.0 Å². The van der Waals surface area contributed by atoms with Crippen LogP contribution in [0.15, 0.2) is 34.4 Å². The first kappa shape index (κ1) is 18.4. The van der Waals surface area contributed by atoms with Gasteiger partial charge in [0.15, 0.2) is 0 Å². The summed E-state index contributed by atoms with van der Waals surface area (Å²) < 4.78 is 1.52. The summed E-state index contributed by atoms with van der Waals surface area (Å²) in [5, 5.41) is 14.3. The summed E-state index contributed by atoms with van der Waals surface area (Å²) >= 11 is 1.63. The minimum absolute atomic E-state index is 0.0114. The summed E-state index contributed by atoms with van der Waals surface area (Å²) in [6.07, 6.45) is 0.707. The van der Waals surface area contributed by atoms with Gasteiger partial charge in [-0.2, -0.15) is 0 Å². The van der Waals surface area contributed by atoms with Gasteiger partial charge in [0.05, 0.1) is 0 Å². The molecule has 0 aliphatic rings. The van der Waals surface area contributed by atoms with Crippen LogP contribution in [0.4, 0.5) is 0 Å². The molecule has 24 heavy (non-hydrogen) atoms. The monoisotopic (exact) mass is 348 g/mol. The number of carbonyl (C=O) groups excluding carboxylic acids is 1. The van der Waals surface area contributed by atoms with Crippen LogP contribution in [-0.4, -0.2) is 28.7 Å². The van der Waals surface area contributed by atoms with Gasteiger partial charge in [-0.15, -0.1) is 11.3 Å². The minimum Gasteiger partial charge on any atom is -0.396 e. The molecule has 0 fully saturated rings. The van der Waals surface area contributed by atoms with E-state index in [0.717, 1.165) is 5.69 Å². The molecule has 0 bridgehead atoms. The normalized spacial score (nSPS) is 12.4. The van der Waals surface area contributed by atoms with Gasteiger partial charge in [0.25, 0.3) is 11.5 Å². The first-order chi connectivity index (χ1) is 11.4. The predicted molar refractivity (Wildman–Crippen MR) is 96.7 cm³/mol. The van der Waals surface area contributed by atoms with Gasteiger partial charge >= 0.3 is 0 Å². The van der Waals surface area contributed by atoms with Crippen molar-refractivity contribution in [3.05, 3.63) is 56.1 Å². The fraction of sp³-hybridized carbons (Fsp3) is 0.444. The molecule has 5 nitrogen and oxygen atoms in total. The molecular formula is C18H24N2O3S. The van der Waals surface area contributed by atoms with Crippen LogP contribution in [0.3, 0.4) is 0 Å². The number of hydrogen-bond donors (Lipinski definition) is 2. The second kappa shape index (κ2) is 8.26. The summed E-state index contributed by atoms with van der Waals surface area (Å²) in [7, 11) is 1.68. The smallest absolute Gasteiger partial charge is 0.263 e. The topological polar surface area (TPSA) is 71.3 Å². The number of hydrogen-bond acceptors (Lipinski definition) is 4. The number of aromatic nitrogens is 1. The Balaban J connectivity index is 2.04.